The molecule has 0 aliphatic rings. The van der Waals surface area contributed by atoms with Gasteiger partial charge in [-0.1, -0.05) is 30.3 Å². The fourth-order valence-electron chi connectivity index (χ4n) is 4.05. The molecule has 172 valence electrons. The number of nitrogen functional groups attached to an aromatic ring is 1. The summed E-state index contributed by atoms with van der Waals surface area (Å²) in [5.41, 5.74) is 7.11. The van der Waals surface area contributed by atoms with E-state index >= 15 is 0 Å². The minimum absolute atomic E-state index is 0.0997. The van der Waals surface area contributed by atoms with Crippen molar-refractivity contribution >= 4 is 34.2 Å². The van der Waals surface area contributed by atoms with Gasteiger partial charge < -0.3 is 15.5 Å². The van der Waals surface area contributed by atoms with Gasteiger partial charge in [-0.15, -0.1) is 5.10 Å². The first-order valence-electron chi connectivity index (χ1n) is 10.8. The molecule has 0 saturated heterocycles. The molecule has 1 aromatic carbocycles. The lowest BCUT2D eigenvalue weighted by Gasteiger charge is -2.29. The predicted octanol–water partition coefficient (Wildman–Crippen LogP) is 3.11. The van der Waals surface area contributed by atoms with Crippen LogP contribution in [0, 0.1) is 0 Å². The number of hydrogen-bond acceptors (Lipinski definition) is 8. The van der Waals surface area contributed by atoms with Crippen molar-refractivity contribution in [2.24, 2.45) is 0 Å². The van der Waals surface area contributed by atoms with Gasteiger partial charge in [0.1, 0.15) is 0 Å². The van der Waals surface area contributed by atoms with E-state index in [1.807, 2.05) is 30.3 Å². The second-order valence-electron chi connectivity index (χ2n) is 8.05. The van der Waals surface area contributed by atoms with E-state index in [2.05, 4.69) is 30.5 Å². The van der Waals surface area contributed by atoms with Crippen LogP contribution >= 0.6 is 0 Å². The summed E-state index contributed by atoms with van der Waals surface area (Å²) in [5, 5.41) is 12.5. The maximum Gasteiger partial charge on any atom is 0.256 e. The summed E-state index contributed by atoms with van der Waals surface area (Å²) in [6.45, 7) is 1.78. The number of hydrogen-bond donors (Lipinski definition) is 2. The average Bonchev–Trinajstić information content (AvgIpc) is 3.64. The molecule has 11 heteroatoms. The first-order valence-corrected chi connectivity index (χ1v) is 10.8. The number of carbonyl (C=O) groups excluding carboxylic acids is 1. The highest BCUT2D eigenvalue weighted by molar-refractivity contribution is 6.00. The SMILES string of the molecule is CC(C(=O)Nc1cccnc1)(c1ccccc1)n1ncc2c1nc(N)n1nc(-c3ccco3)nc21. The van der Waals surface area contributed by atoms with Gasteiger partial charge in [-0.05, 0) is 36.8 Å². The van der Waals surface area contributed by atoms with Crippen molar-refractivity contribution in [2.75, 3.05) is 11.1 Å². The van der Waals surface area contributed by atoms with E-state index in [1.165, 1.54) is 4.52 Å². The quantitative estimate of drug-likeness (QED) is 0.395. The Hall–Kier alpha value is -5.06. The van der Waals surface area contributed by atoms with Crippen molar-refractivity contribution in [1.29, 1.82) is 0 Å². The van der Waals surface area contributed by atoms with E-state index in [9.17, 15) is 4.79 Å². The number of nitrogens with zero attached hydrogens (tertiary/aromatic N) is 7. The highest BCUT2D eigenvalue weighted by Gasteiger charge is 2.40. The van der Waals surface area contributed by atoms with Gasteiger partial charge in [-0.25, -0.2) is 9.67 Å². The fourth-order valence-corrected chi connectivity index (χ4v) is 4.05. The Morgan fingerprint density at radius 1 is 1.03 bits per heavy atom. The molecule has 0 fully saturated rings. The largest absolute Gasteiger partial charge is 0.461 e. The van der Waals surface area contributed by atoms with E-state index in [0.29, 0.717) is 39.5 Å². The molecular weight excluding hydrogens is 446 g/mol. The van der Waals surface area contributed by atoms with E-state index in [-0.39, 0.29) is 11.9 Å². The topological polar surface area (TPSA) is 142 Å². The Kier molecular flexibility index (Phi) is 4.56. The molecule has 1 atom stereocenters. The number of anilines is 2. The molecule has 35 heavy (non-hydrogen) atoms. The number of aromatic nitrogens is 7. The summed E-state index contributed by atoms with van der Waals surface area (Å²) in [6, 6.07) is 16.4. The van der Waals surface area contributed by atoms with Crippen LogP contribution in [0.1, 0.15) is 12.5 Å². The Morgan fingerprint density at radius 3 is 2.63 bits per heavy atom. The van der Waals surface area contributed by atoms with Crippen LogP contribution < -0.4 is 11.1 Å². The van der Waals surface area contributed by atoms with Gasteiger partial charge in [0, 0.05) is 6.20 Å². The molecule has 5 heterocycles. The zero-order chi connectivity index (χ0) is 24.0. The van der Waals surface area contributed by atoms with E-state index in [4.69, 9.17) is 10.2 Å². The second-order valence-corrected chi connectivity index (χ2v) is 8.05. The number of fused-ring (bicyclic) bond motifs is 3. The maximum absolute atomic E-state index is 13.8. The molecule has 0 radical (unpaired) electrons. The number of nitrogens with two attached hydrogens (primary N) is 1. The number of benzene rings is 1. The molecule has 0 aliphatic heterocycles. The van der Waals surface area contributed by atoms with Gasteiger partial charge in [0.25, 0.3) is 5.91 Å². The highest BCUT2D eigenvalue weighted by atomic mass is 16.3. The normalized spacial score (nSPS) is 13.2. The van der Waals surface area contributed by atoms with Crippen molar-refractivity contribution in [3.05, 3.63) is 85.0 Å². The van der Waals surface area contributed by atoms with Crippen molar-refractivity contribution in [3.8, 4) is 11.6 Å². The summed E-state index contributed by atoms with van der Waals surface area (Å²) in [4.78, 5) is 27.0. The van der Waals surface area contributed by atoms with E-state index in [0.717, 1.165) is 0 Å². The number of amides is 1. The zero-order valence-corrected chi connectivity index (χ0v) is 18.5. The summed E-state index contributed by atoms with van der Waals surface area (Å²) in [6.07, 6.45) is 6.37. The summed E-state index contributed by atoms with van der Waals surface area (Å²) in [5.74, 6) is 0.643. The molecule has 3 N–H and O–H groups in total. The van der Waals surface area contributed by atoms with Crippen LogP contribution in [0.3, 0.4) is 0 Å². The molecule has 5 aromatic heterocycles. The van der Waals surface area contributed by atoms with Gasteiger partial charge in [0.15, 0.2) is 22.6 Å². The third-order valence-electron chi connectivity index (χ3n) is 5.89. The van der Waals surface area contributed by atoms with Gasteiger partial charge >= 0.3 is 0 Å². The van der Waals surface area contributed by atoms with Gasteiger partial charge in [-0.3, -0.25) is 9.78 Å². The minimum atomic E-state index is -1.28. The number of furan rings is 1. The van der Waals surface area contributed by atoms with Gasteiger partial charge in [0.05, 0.1) is 29.7 Å². The minimum Gasteiger partial charge on any atom is -0.461 e. The molecule has 6 aromatic rings. The first kappa shape index (κ1) is 20.5. The molecule has 0 bridgehead atoms. The molecule has 0 spiro atoms. The third-order valence-corrected chi connectivity index (χ3v) is 5.89. The van der Waals surface area contributed by atoms with Gasteiger partial charge in [0.2, 0.25) is 11.8 Å². The molecule has 1 unspecified atom stereocenters. The van der Waals surface area contributed by atoms with Crippen LogP contribution in [0.4, 0.5) is 11.6 Å². The standard InChI is InChI=1S/C24H19N9O2/c1-24(15-7-3-2-4-8-15,22(34)28-16-9-5-11-26-13-16)33-21-17(14-27-33)20-29-19(18-10-6-12-35-18)31-32(20)23(25)30-21/h2-14H,1H3,(H2,25,30)(H,28,34). The molecule has 1 amide bonds. The maximum atomic E-state index is 13.8. The van der Waals surface area contributed by atoms with Crippen molar-refractivity contribution < 1.29 is 9.21 Å². The zero-order valence-electron chi connectivity index (χ0n) is 18.5. The fraction of sp³-hybridized carbons (Fsp3) is 0.0833. The molecule has 0 saturated carbocycles. The second kappa shape index (κ2) is 7.76. The summed E-state index contributed by atoms with van der Waals surface area (Å²) >= 11 is 0. The van der Waals surface area contributed by atoms with Crippen LogP contribution in [0.5, 0.6) is 0 Å². The summed E-state index contributed by atoms with van der Waals surface area (Å²) < 4.78 is 8.42. The number of nitrogens with one attached hydrogen (secondary N) is 1. The monoisotopic (exact) mass is 465 g/mol. The molecule has 0 aliphatic carbocycles. The number of carbonyl (C=O) groups is 1. The highest BCUT2D eigenvalue weighted by Crippen LogP contribution is 2.32. The lowest BCUT2D eigenvalue weighted by molar-refractivity contribution is -0.122. The summed E-state index contributed by atoms with van der Waals surface area (Å²) in [7, 11) is 0. The van der Waals surface area contributed by atoms with Crippen molar-refractivity contribution in [1.82, 2.24) is 34.3 Å². The van der Waals surface area contributed by atoms with Crippen molar-refractivity contribution in [3.63, 3.8) is 0 Å². The van der Waals surface area contributed by atoms with Crippen LogP contribution in [0.25, 0.3) is 28.3 Å². The predicted molar refractivity (Wildman–Crippen MR) is 128 cm³/mol. The average molecular weight is 465 g/mol. The first-order chi connectivity index (χ1) is 17.1. The van der Waals surface area contributed by atoms with Gasteiger partial charge in [-0.2, -0.15) is 14.6 Å². The Morgan fingerprint density at radius 2 is 1.89 bits per heavy atom. The Labute approximate surface area is 198 Å². The smallest absolute Gasteiger partial charge is 0.256 e. The Bertz CT molecular complexity index is 1660. The lowest BCUT2D eigenvalue weighted by atomic mass is 9.91. The van der Waals surface area contributed by atoms with Crippen LogP contribution in [0.15, 0.2) is 83.9 Å². The lowest BCUT2D eigenvalue weighted by Crippen LogP contribution is -2.44. The molecule has 6 rings (SSSR count). The van der Waals surface area contributed by atoms with Crippen LogP contribution in [0.2, 0.25) is 0 Å². The number of rotatable bonds is 5. The van der Waals surface area contributed by atoms with E-state index in [1.54, 1.807) is 60.7 Å². The van der Waals surface area contributed by atoms with Crippen LogP contribution in [-0.2, 0) is 10.3 Å². The molecule has 11 nitrogen and oxygen atoms in total. The van der Waals surface area contributed by atoms with Crippen LogP contribution in [-0.4, -0.2) is 40.3 Å². The van der Waals surface area contributed by atoms with E-state index < -0.39 is 5.54 Å². The Balaban J connectivity index is 1.55. The molecular formula is C24H19N9O2. The van der Waals surface area contributed by atoms with Crippen molar-refractivity contribution in [2.45, 2.75) is 12.5 Å². The third kappa shape index (κ3) is 3.21. The number of pyridine rings is 1.